The van der Waals surface area contributed by atoms with Crippen molar-refractivity contribution in [2.75, 3.05) is 6.61 Å². The van der Waals surface area contributed by atoms with Crippen molar-refractivity contribution < 1.29 is 22.7 Å². The Hall–Kier alpha value is -1.72. The topological polar surface area (TPSA) is 52.3 Å². The zero-order valence-electron chi connectivity index (χ0n) is 10.1. The maximum atomic E-state index is 12.0. The van der Waals surface area contributed by atoms with E-state index in [0.717, 1.165) is 5.56 Å². The van der Waals surface area contributed by atoms with Gasteiger partial charge in [0.25, 0.3) is 0 Å². The molecule has 18 heavy (non-hydrogen) atoms. The molecule has 0 saturated heterocycles. The molecule has 0 bridgehead atoms. The van der Waals surface area contributed by atoms with Gasteiger partial charge in [0.2, 0.25) is 5.91 Å². The minimum absolute atomic E-state index is 0.0667. The van der Waals surface area contributed by atoms with E-state index >= 15 is 0 Å². The number of rotatable bonds is 4. The third kappa shape index (κ3) is 4.27. The first-order valence-corrected chi connectivity index (χ1v) is 5.27. The second-order valence-electron chi connectivity index (χ2n) is 4.08. The van der Waals surface area contributed by atoms with Crippen LogP contribution in [0, 0.1) is 13.8 Å². The standard InChI is InChI=1S/C12H14F3NO2/c1-7-3-9(18-6-12(13,14)15)4-8(2)10(7)5-11(16)17/h3-4H,5-6H2,1-2H3,(H2,16,17). The van der Waals surface area contributed by atoms with Crippen molar-refractivity contribution in [2.45, 2.75) is 26.4 Å². The number of benzene rings is 1. The van der Waals surface area contributed by atoms with Crippen LogP contribution in [0.2, 0.25) is 0 Å². The fourth-order valence-corrected chi connectivity index (χ4v) is 1.66. The number of alkyl halides is 3. The molecular weight excluding hydrogens is 247 g/mol. The highest BCUT2D eigenvalue weighted by molar-refractivity contribution is 5.77. The predicted molar refractivity (Wildman–Crippen MR) is 60.4 cm³/mol. The number of carbonyl (C=O) groups is 1. The van der Waals surface area contributed by atoms with Gasteiger partial charge in [0.05, 0.1) is 6.42 Å². The molecule has 0 saturated carbocycles. The van der Waals surface area contributed by atoms with E-state index in [1.54, 1.807) is 13.8 Å². The third-order valence-corrected chi connectivity index (χ3v) is 2.42. The van der Waals surface area contributed by atoms with Crippen molar-refractivity contribution in [3.63, 3.8) is 0 Å². The van der Waals surface area contributed by atoms with Crippen LogP contribution in [-0.4, -0.2) is 18.7 Å². The first-order chi connectivity index (χ1) is 8.19. The Morgan fingerprint density at radius 1 is 1.28 bits per heavy atom. The highest BCUT2D eigenvalue weighted by Crippen LogP contribution is 2.24. The SMILES string of the molecule is Cc1cc(OCC(F)(F)F)cc(C)c1CC(N)=O. The molecule has 3 nitrogen and oxygen atoms in total. The van der Waals surface area contributed by atoms with Gasteiger partial charge in [-0.15, -0.1) is 0 Å². The maximum absolute atomic E-state index is 12.0. The number of nitrogens with two attached hydrogens (primary N) is 1. The quantitative estimate of drug-likeness (QED) is 0.904. The zero-order chi connectivity index (χ0) is 13.9. The van der Waals surface area contributed by atoms with Gasteiger partial charge < -0.3 is 10.5 Å². The number of amides is 1. The van der Waals surface area contributed by atoms with Crippen molar-refractivity contribution in [3.05, 3.63) is 28.8 Å². The first-order valence-electron chi connectivity index (χ1n) is 5.27. The van der Waals surface area contributed by atoms with Crippen LogP contribution in [0.3, 0.4) is 0 Å². The fourth-order valence-electron chi connectivity index (χ4n) is 1.66. The number of hydrogen-bond donors (Lipinski definition) is 1. The lowest BCUT2D eigenvalue weighted by Gasteiger charge is -2.13. The van der Waals surface area contributed by atoms with Crippen molar-refractivity contribution in [3.8, 4) is 5.75 Å². The molecule has 0 aliphatic carbocycles. The Balaban J connectivity index is 2.89. The third-order valence-electron chi connectivity index (χ3n) is 2.42. The van der Waals surface area contributed by atoms with Crippen LogP contribution in [0.25, 0.3) is 0 Å². The number of hydrogen-bond acceptors (Lipinski definition) is 2. The number of primary amides is 1. The van der Waals surface area contributed by atoms with Gasteiger partial charge in [-0.1, -0.05) is 0 Å². The molecule has 1 rings (SSSR count). The zero-order valence-corrected chi connectivity index (χ0v) is 10.1. The summed E-state index contributed by atoms with van der Waals surface area (Å²) >= 11 is 0. The Kier molecular flexibility index (Phi) is 4.21. The van der Waals surface area contributed by atoms with Crippen molar-refractivity contribution in [1.29, 1.82) is 0 Å². The van der Waals surface area contributed by atoms with Gasteiger partial charge >= 0.3 is 6.18 Å². The van der Waals surface area contributed by atoms with Gasteiger partial charge in [-0.05, 0) is 42.7 Å². The molecule has 0 aromatic heterocycles. The predicted octanol–water partition coefficient (Wildman–Crippen LogP) is 2.27. The molecule has 0 spiro atoms. The summed E-state index contributed by atoms with van der Waals surface area (Å²) < 4.78 is 40.7. The van der Waals surface area contributed by atoms with E-state index in [0.29, 0.717) is 11.1 Å². The van der Waals surface area contributed by atoms with E-state index < -0.39 is 18.7 Å². The summed E-state index contributed by atoms with van der Waals surface area (Å²) in [6.45, 7) is 2.07. The normalized spacial score (nSPS) is 11.4. The van der Waals surface area contributed by atoms with Crippen molar-refractivity contribution in [1.82, 2.24) is 0 Å². The molecule has 6 heteroatoms. The molecule has 1 aromatic rings. The summed E-state index contributed by atoms with van der Waals surface area (Å²) in [5, 5.41) is 0. The molecule has 0 aliphatic heterocycles. The molecule has 0 fully saturated rings. The number of aryl methyl sites for hydroxylation is 2. The number of halogens is 3. The molecule has 1 aromatic carbocycles. The van der Waals surface area contributed by atoms with Crippen molar-refractivity contribution in [2.24, 2.45) is 5.73 Å². The molecule has 0 radical (unpaired) electrons. The smallest absolute Gasteiger partial charge is 0.422 e. The Morgan fingerprint density at radius 3 is 2.17 bits per heavy atom. The highest BCUT2D eigenvalue weighted by Gasteiger charge is 2.28. The van der Waals surface area contributed by atoms with E-state index in [4.69, 9.17) is 5.73 Å². The van der Waals surface area contributed by atoms with Crippen LogP contribution >= 0.6 is 0 Å². The van der Waals surface area contributed by atoms with Gasteiger partial charge in [-0.2, -0.15) is 13.2 Å². The second kappa shape index (κ2) is 5.29. The molecule has 0 heterocycles. The molecule has 0 aliphatic rings. The largest absolute Gasteiger partial charge is 0.484 e. The fraction of sp³-hybridized carbons (Fsp3) is 0.417. The highest BCUT2D eigenvalue weighted by atomic mass is 19.4. The van der Waals surface area contributed by atoms with Crippen LogP contribution in [0.5, 0.6) is 5.75 Å². The van der Waals surface area contributed by atoms with E-state index in [-0.39, 0.29) is 12.2 Å². The lowest BCUT2D eigenvalue weighted by Crippen LogP contribution is -2.19. The van der Waals surface area contributed by atoms with E-state index in [1.165, 1.54) is 12.1 Å². The minimum atomic E-state index is -4.37. The van der Waals surface area contributed by atoms with Crippen molar-refractivity contribution >= 4 is 5.91 Å². The number of carbonyl (C=O) groups excluding carboxylic acids is 1. The molecule has 1 amide bonds. The summed E-state index contributed by atoms with van der Waals surface area (Å²) in [6.07, 6.45) is -4.30. The van der Waals surface area contributed by atoms with Crippen LogP contribution in [-0.2, 0) is 11.2 Å². The first kappa shape index (κ1) is 14.3. The van der Waals surface area contributed by atoms with Gasteiger partial charge in [0, 0.05) is 0 Å². The summed E-state index contributed by atoms with van der Waals surface area (Å²) in [6, 6.07) is 2.94. The van der Waals surface area contributed by atoms with Gasteiger partial charge in [0.15, 0.2) is 6.61 Å². The number of ether oxygens (including phenoxy) is 1. The second-order valence-corrected chi connectivity index (χ2v) is 4.08. The maximum Gasteiger partial charge on any atom is 0.422 e. The van der Waals surface area contributed by atoms with Crippen LogP contribution in [0.15, 0.2) is 12.1 Å². The summed E-state index contributed by atoms with van der Waals surface area (Å²) in [4.78, 5) is 10.9. The van der Waals surface area contributed by atoms with Crippen LogP contribution in [0.1, 0.15) is 16.7 Å². The Bertz CT molecular complexity index is 432. The summed E-state index contributed by atoms with van der Waals surface area (Å²) in [5.41, 5.74) is 7.19. The Morgan fingerprint density at radius 2 is 1.78 bits per heavy atom. The van der Waals surface area contributed by atoms with Crippen LogP contribution < -0.4 is 10.5 Å². The van der Waals surface area contributed by atoms with Gasteiger partial charge in [-0.25, -0.2) is 0 Å². The molecule has 0 unspecified atom stereocenters. The van der Waals surface area contributed by atoms with Gasteiger partial charge in [-0.3, -0.25) is 4.79 Å². The average Bonchev–Trinajstić information content (AvgIpc) is 2.19. The monoisotopic (exact) mass is 261 g/mol. The lowest BCUT2D eigenvalue weighted by atomic mass is 9.99. The lowest BCUT2D eigenvalue weighted by molar-refractivity contribution is -0.153. The molecule has 100 valence electrons. The van der Waals surface area contributed by atoms with E-state index in [2.05, 4.69) is 4.74 Å². The van der Waals surface area contributed by atoms with Gasteiger partial charge in [0.1, 0.15) is 5.75 Å². The minimum Gasteiger partial charge on any atom is -0.484 e. The average molecular weight is 261 g/mol. The molecule has 2 N–H and O–H groups in total. The van der Waals surface area contributed by atoms with Crippen LogP contribution in [0.4, 0.5) is 13.2 Å². The summed E-state index contributed by atoms with van der Waals surface area (Å²) in [5.74, 6) is -0.347. The Labute approximate surface area is 103 Å². The van der Waals surface area contributed by atoms with E-state index in [1.807, 2.05) is 0 Å². The summed E-state index contributed by atoms with van der Waals surface area (Å²) in [7, 11) is 0. The molecule has 0 atom stereocenters. The molecular formula is C12H14F3NO2. The van der Waals surface area contributed by atoms with E-state index in [9.17, 15) is 18.0 Å².